The molecule has 2 aromatic heterocycles. The van der Waals surface area contributed by atoms with E-state index in [1.165, 1.54) is 24.3 Å². The molecule has 0 amide bonds. The molecule has 6 rings (SSSR count). The smallest absolute Gasteiger partial charge is 0.227 e. The summed E-state index contributed by atoms with van der Waals surface area (Å²) in [7, 11) is -0.694. The minimum atomic E-state index is -3.86. The van der Waals surface area contributed by atoms with Gasteiger partial charge in [0.25, 0.3) is 0 Å². The molecule has 6 aromatic rings. The van der Waals surface area contributed by atoms with E-state index in [9.17, 15) is 8.42 Å². The SMILES string of the molecule is COc1cccc(-c2nc3cc(S(=O)(=O)c4ccc5oc(-c6cccc(OC)c6)nc5c4)ccc3o2)c1. The summed E-state index contributed by atoms with van der Waals surface area (Å²) >= 11 is 0. The van der Waals surface area contributed by atoms with Crippen molar-refractivity contribution >= 4 is 32.0 Å². The van der Waals surface area contributed by atoms with Crippen LogP contribution in [0, 0.1) is 0 Å². The molecular formula is C28H20N2O6S. The van der Waals surface area contributed by atoms with Gasteiger partial charge in [0, 0.05) is 11.1 Å². The van der Waals surface area contributed by atoms with Gasteiger partial charge in [-0.25, -0.2) is 18.4 Å². The second kappa shape index (κ2) is 8.79. The van der Waals surface area contributed by atoms with Gasteiger partial charge in [-0.05, 0) is 72.8 Å². The standard InChI is InChI=1S/C28H20N2O6S/c1-33-19-7-3-5-17(13-19)27-29-23-15-21(9-11-25(23)35-27)37(31,32)22-10-12-26-24(16-22)30-28(36-26)18-6-4-8-20(14-18)34-2/h3-16H,1-2H3. The lowest BCUT2D eigenvalue weighted by molar-refractivity contribution is 0.414. The zero-order chi connectivity index (χ0) is 25.6. The molecule has 0 fully saturated rings. The first kappa shape index (κ1) is 22.8. The summed E-state index contributed by atoms with van der Waals surface area (Å²) in [6.07, 6.45) is 0. The van der Waals surface area contributed by atoms with Crippen molar-refractivity contribution < 1.29 is 26.7 Å². The molecule has 0 aliphatic heterocycles. The summed E-state index contributed by atoms with van der Waals surface area (Å²) in [5, 5.41) is 0. The molecule has 0 saturated heterocycles. The molecule has 4 aromatic carbocycles. The predicted molar refractivity (Wildman–Crippen MR) is 137 cm³/mol. The van der Waals surface area contributed by atoms with Crippen LogP contribution in [0.5, 0.6) is 11.5 Å². The molecule has 184 valence electrons. The largest absolute Gasteiger partial charge is 0.497 e. The number of benzene rings is 4. The Labute approximate surface area is 212 Å². The van der Waals surface area contributed by atoms with E-state index in [4.69, 9.17) is 18.3 Å². The second-order valence-corrected chi connectivity index (χ2v) is 10.2. The summed E-state index contributed by atoms with van der Waals surface area (Å²) in [4.78, 5) is 9.20. The van der Waals surface area contributed by atoms with Gasteiger partial charge in [-0.3, -0.25) is 0 Å². The molecule has 0 atom stereocenters. The Bertz CT molecular complexity index is 1760. The van der Waals surface area contributed by atoms with E-state index in [0.29, 0.717) is 45.5 Å². The fraction of sp³-hybridized carbons (Fsp3) is 0.0714. The topological polar surface area (TPSA) is 105 Å². The third-order valence-corrected chi connectivity index (χ3v) is 7.72. The molecule has 8 nitrogen and oxygen atoms in total. The number of methoxy groups -OCH3 is 2. The van der Waals surface area contributed by atoms with Crippen molar-refractivity contribution in [3.63, 3.8) is 0 Å². The molecule has 0 unspecified atom stereocenters. The highest BCUT2D eigenvalue weighted by molar-refractivity contribution is 7.91. The Morgan fingerprint density at radius 2 is 1.08 bits per heavy atom. The summed E-state index contributed by atoms with van der Waals surface area (Å²) in [6.45, 7) is 0. The first-order valence-electron chi connectivity index (χ1n) is 11.3. The van der Waals surface area contributed by atoms with E-state index in [0.717, 1.165) is 11.1 Å². The van der Waals surface area contributed by atoms with Crippen molar-refractivity contribution in [1.82, 2.24) is 9.97 Å². The van der Waals surface area contributed by atoms with Crippen LogP contribution in [0.1, 0.15) is 0 Å². The number of oxazole rings is 2. The monoisotopic (exact) mass is 512 g/mol. The molecule has 0 aliphatic rings. The number of aromatic nitrogens is 2. The molecule has 0 bridgehead atoms. The molecular weight excluding hydrogens is 492 g/mol. The van der Waals surface area contributed by atoms with E-state index in [1.54, 1.807) is 38.5 Å². The fourth-order valence-electron chi connectivity index (χ4n) is 4.04. The lowest BCUT2D eigenvalue weighted by Crippen LogP contribution is -2.01. The van der Waals surface area contributed by atoms with Crippen molar-refractivity contribution in [2.45, 2.75) is 9.79 Å². The quantitative estimate of drug-likeness (QED) is 0.262. The maximum absolute atomic E-state index is 13.5. The van der Waals surface area contributed by atoms with Crippen LogP contribution in [0.15, 0.2) is 104 Å². The maximum Gasteiger partial charge on any atom is 0.227 e. The Hall–Kier alpha value is -4.63. The Kier molecular flexibility index (Phi) is 5.42. The number of hydrogen-bond acceptors (Lipinski definition) is 8. The van der Waals surface area contributed by atoms with Gasteiger partial charge in [0.15, 0.2) is 11.2 Å². The average molecular weight is 513 g/mol. The van der Waals surface area contributed by atoms with Crippen LogP contribution in [0.4, 0.5) is 0 Å². The number of fused-ring (bicyclic) bond motifs is 2. The van der Waals surface area contributed by atoms with Gasteiger partial charge >= 0.3 is 0 Å². The molecule has 0 radical (unpaired) electrons. The van der Waals surface area contributed by atoms with Gasteiger partial charge in [-0.2, -0.15) is 0 Å². The van der Waals surface area contributed by atoms with Crippen molar-refractivity contribution in [2.24, 2.45) is 0 Å². The van der Waals surface area contributed by atoms with Gasteiger partial charge in [0.2, 0.25) is 21.6 Å². The number of sulfone groups is 1. The van der Waals surface area contributed by atoms with E-state index in [1.807, 2.05) is 36.4 Å². The molecule has 0 spiro atoms. The van der Waals surface area contributed by atoms with Gasteiger partial charge in [0.1, 0.15) is 22.5 Å². The summed E-state index contributed by atoms with van der Waals surface area (Å²) in [6, 6.07) is 23.8. The third kappa shape index (κ3) is 4.09. The first-order valence-corrected chi connectivity index (χ1v) is 12.8. The molecule has 0 saturated carbocycles. The zero-order valence-corrected chi connectivity index (χ0v) is 20.7. The van der Waals surface area contributed by atoms with Crippen LogP contribution >= 0.6 is 0 Å². The maximum atomic E-state index is 13.5. The average Bonchev–Trinajstić information content (AvgIpc) is 3.56. The van der Waals surface area contributed by atoms with Crippen LogP contribution in [-0.2, 0) is 9.84 Å². The lowest BCUT2D eigenvalue weighted by atomic mass is 10.2. The Morgan fingerprint density at radius 1 is 0.622 bits per heavy atom. The normalized spacial score (nSPS) is 11.7. The summed E-state index contributed by atoms with van der Waals surface area (Å²) in [5.41, 5.74) is 3.27. The van der Waals surface area contributed by atoms with Gasteiger partial charge in [-0.1, -0.05) is 12.1 Å². The first-order chi connectivity index (χ1) is 17.9. The fourth-order valence-corrected chi connectivity index (χ4v) is 5.34. The van der Waals surface area contributed by atoms with E-state index in [-0.39, 0.29) is 9.79 Å². The van der Waals surface area contributed by atoms with Crippen molar-refractivity contribution in [3.8, 4) is 34.4 Å². The van der Waals surface area contributed by atoms with Crippen LogP contribution in [0.3, 0.4) is 0 Å². The number of ether oxygens (including phenoxy) is 2. The van der Waals surface area contributed by atoms with E-state index in [2.05, 4.69) is 9.97 Å². The highest BCUT2D eigenvalue weighted by Crippen LogP contribution is 2.32. The van der Waals surface area contributed by atoms with E-state index >= 15 is 0 Å². The highest BCUT2D eigenvalue weighted by atomic mass is 32.2. The molecule has 9 heteroatoms. The number of rotatable bonds is 6. The molecule has 2 heterocycles. The third-order valence-electron chi connectivity index (χ3n) is 5.97. The molecule has 0 aliphatic carbocycles. The van der Waals surface area contributed by atoms with Crippen LogP contribution in [0.2, 0.25) is 0 Å². The Morgan fingerprint density at radius 3 is 1.51 bits per heavy atom. The van der Waals surface area contributed by atoms with Crippen molar-refractivity contribution in [2.75, 3.05) is 14.2 Å². The summed E-state index contributed by atoms with van der Waals surface area (Å²) in [5.74, 6) is 2.08. The van der Waals surface area contributed by atoms with Gasteiger partial charge < -0.3 is 18.3 Å². The van der Waals surface area contributed by atoms with Gasteiger partial charge in [-0.15, -0.1) is 0 Å². The lowest BCUT2D eigenvalue weighted by Gasteiger charge is -2.04. The second-order valence-electron chi connectivity index (χ2n) is 8.26. The van der Waals surface area contributed by atoms with Crippen LogP contribution in [-0.4, -0.2) is 32.6 Å². The summed E-state index contributed by atoms with van der Waals surface area (Å²) < 4.78 is 49.2. The van der Waals surface area contributed by atoms with Crippen LogP contribution < -0.4 is 9.47 Å². The highest BCUT2D eigenvalue weighted by Gasteiger charge is 2.21. The number of hydrogen-bond donors (Lipinski definition) is 0. The Balaban J connectivity index is 1.36. The molecule has 0 N–H and O–H groups in total. The van der Waals surface area contributed by atoms with Gasteiger partial charge in [0.05, 0.1) is 24.0 Å². The number of nitrogens with zero attached hydrogens (tertiary/aromatic N) is 2. The van der Waals surface area contributed by atoms with E-state index < -0.39 is 9.84 Å². The minimum Gasteiger partial charge on any atom is -0.497 e. The minimum absolute atomic E-state index is 0.0985. The zero-order valence-electron chi connectivity index (χ0n) is 19.8. The van der Waals surface area contributed by atoms with Crippen molar-refractivity contribution in [1.29, 1.82) is 0 Å². The predicted octanol–water partition coefficient (Wildman–Crippen LogP) is 6.15. The van der Waals surface area contributed by atoms with Crippen molar-refractivity contribution in [3.05, 3.63) is 84.9 Å². The molecule has 37 heavy (non-hydrogen) atoms. The van der Waals surface area contributed by atoms with Crippen LogP contribution in [0.25, 0.3) is 45.1 Å².